The van der Waals surface area contributed by atoms with E-state index in [9.17, 15) is 4.79 Å². The van der Waals surface area contributed by atoms with Crippen LogP contribution in [0.1, 0.15) is 10.9 Å². The van der Waals surface area contributed by atoms with Crippen LogP contribution in [0.15, 0.2) is 24.3 Å². The van der Waals surface area contributed by atoms with Crippen molar-refractivity contribution in [3.05, 3.63) is 29.8 Å². The Hall–Kier alpha value is -0.730. The molecule has 0 spiro atoms. The summed E-state index contributed by atoms with van der Waals surface area (Å²) in [6, 6.07) is 6.86. The second kappa shape index (κ2) is 4.49. The second-order valence-electron chi connectivity index (χ2n) is 2.44. The van der Waals surface area contributed by atoms with Crippen molar-refractivity contribution in [2.24, 2.45) is 0 Å². The van der Waals surface area contributed by atoms with Gasteiger partial charge < -0.3 is 4.74 Å². The van der Waals surface area contributed by atoms with Crippen molar-refractivity contribution in [1.29, 1.82) is 0 Å². The van der Waals surface area contributed by atoms with Gasteiger partial charge in [0.2, 0.25) is 5.24 Å². The fourth-order valence-electron chi connectivity index (χ4n) is 0.904. The van der Waals surface area contributed by atoms with Crippen LogP contribution in [0.2, 0.25) is 0 Å². The highest BCUT2D eigenvalue weighted by atomic mass is 35.5. The molecule has 1 atom stereocenters. The topological polar surface area (TPSA) is 26.3 Å². The quantitative estimate of drug-likeness (QED) is 0.577. The van der Waals surface area contributed by atoms with Crippen molar-refractivity contribution in [3.63, 3.8) is 0 Å². The average molecular weight is 219 g/mol. The lowest BCUT2D eigenvalue weighted by Crippen LogP contribution is -1.98. The molecule has 0 N–H and O–H groups in total. The van der Waals surface area contributed by atoms with Crippen molar-refractivity contribution in [2.75, 3.05) is 7.11 Å². The van der Waals surface area contributed by atoms with Gasteiger partial charge in [0, 0.05) is 0 Å². The molecule has 0 fully saturated rings. The molecule has 0 aromatic heterocycles. The highest BCUT2D eigenvalue weighted by Crippen LogP contribution is 2.24. The predicted molar refractivity (Wildman–Crippen MR) is 52.4 cm³/mol. The van der Waals surface area contributed by atoms with E-state index in [0.717, 1.165) is 5.75 Å². The minimum atomic E-state index is -0.785. The van der Waals surface area contributed by atoms with E-state index in [0.29, 0.717) is 5.56 Å². The van der Waals surface area contributed by atoms with Gasteiger partial charge in [0.15, 0.2) is 0 Å². The van der Waals surface area contributed by atoms with Crippen molar-refractivity contribution >= 4 is 28.4 Å². The lowest BCUT2D eigenvalue weighted by atomic mass is 10.1. The number of rotatable bonds is 3. The zero-order valence-corrected chi connectivity index (χ0v) is 8.47. The summed E-state index contributed by atoms with van der Waals surface area (Å²) in [7, 11) is 1.57. The first-order valence-electron chi connectivity index (χ1n) is 3.62. The Labute approximate surface area is 86.4 Å². The first-order chi connectivity index (χ1) is 6.15. The van der Waals surface area contributed by atoms with E-state index in [1.807, 2.05) is 0 Å². The van der Waals surface area contributed by atoms with E-state index in [4.69, 9.17) is 27.9 Å². The minimum Gasteiger partial charge on any atom is -0.497 e. The van der Waals surface area contributed by atoms with Crippen LogP contribution in [0.25, 0.3) is 0 Å². The molecule has 2 nitrogen and oxygen atoms in total. The Morgan fingerprint density at radius 3 is 2.31 bits per heavy atom. The Kier molecular flexibility index (Phi) is 3.58. The summed E-state index contributed by atoms with van der Waals surface area (Å²) < 4.78 is 4.95. The second-order valence-corrected chi connectivity index (χ2v) is 3.25. The number of methoxy groups -OCH3 is 1. The van der Waals surface area contributed by atoms with Gasteiger partial charge in [-0.1, -0.05) is 12.1 Å². The molecule has 0 aliphatic rings. The first kappa shape index (κ1) is 10.4. The van der Waals surface area contributed by atoms with Crippen molar-refractivity contribution in [1.82, 2.24) is 0 Å². The molecule has 0 radical (unpaired) electrons. The number of ether oxygens (including phenoxy) is 1. The van der Waals surface area contributed by atoms with Gasteiger partial charge in [0.25, 0.3) is 0 Å². The fourth-order valence-corrected chi connectivity index (χ4v) is 1.18. The van der Waals surface area contributed by atoms with Crippen LogP contribution < -0.4 is 4.74 Å². The largest absolute Gasteiger partial charge is 0.497 e. The number of halogens is 2. The van der Waals surface area contributed by atoms with E-state index in [2.05, 4.69) is 0 Å². The number of hydrogen-bond acceptors (Lipinski definition) is 2. The molecule has 0 aliphatic heterocycles. The molecule has 0 saturated carbocycles. The molecule has 0 saturated heterocycles. The fraction of sp³-hybridized carbons (Fsp3) is 0.222. The van der Waals surface area contributed by atoms with Crippen molar-refractivity contribution < 1.29 is 9.53 Å². The molecule has 0 amide bonds. The number of hydrogen-bond donors (Lipinski definition) is 0. The minimum absolute atomic E-state index is 0.577. The molecular weight excluding hydrogens is 211 g/mol. The van der Waals surface area contributed by atoms with Gasteiger partial charge in [-0.2, -0.15) is 0 Å². The third kappa shape index (κ3) is 2.61. The van der Waals surface area contributed by atoms with Gasteiger partial charge in [0.1, 0.15) is 11.1 Å². The Balaban J connectivity index is 2.85. The molecule has 0 aliphatic carbocycles. The zero-order chi connectivity index (χ0) is 9.84. The smallest absolute Gasteiger partial charge is 0.244 e. The predicted octanol–water partition coefficient (Wildman–Crippen LogP) is 2.74. The molecule has 70 valence electrons. The summed E-state index contributed by atoms with van der Waals surface area (Å²) >= 11 is 10.9. The monoisotopic (exact) mass is 218 g/mol. The lowest BCUT2D eigenvalue weighted by molar-refractivity contribution is -0.111. The molecule has 1 unspecified atom stereocenters. The normalized spacial score (nSPS) is 12.2. The first-order valence-corrected chi connectivity index (χ1v) is 4.44. The third-order valence-corrected chi connectivity index (χ3v) is 2.39. The van der Waals surface area contributed by atoms with Crippen LogP contribution in [0.4, 0.5) is 0 Å². The summed E-state index contributed by atoms with van der Waals surface area (Å²) in [5.41, 5.74) is 0.669. The van der Waals surface area contributed by atoms with Gasteiger partial charge in [-0.3, -0.25) is 4.79 Å². The summed E-state index contributed by atoms with van der Waals surface area (Å²) in [5.74, 6) is 0.717. The van der Waals surface area contributed by atoms with Gasteiger partial charge in [0.05, 0.1) is 7.11 Å². The molecule has 4 heteroatoms. The van der Waals surface area contributed by atoms with E-state index in [1.54, 1.807) is 31.4 Å². The summed E-state index contributed by atoms with van der Waals surface area (Å²) in [6.45, 7) is 0. The lowest BCUT2D eigenvalue weighted by Gasteiger charge is -2.05. The molecule has 1 rings (SSSR count). The van der Waals surface area contributed by atoms with Gasteiger partial charge in [-0.25, -0.2) is 0 Å². The van der Waals surface area contributed by atoms with E-state index in [-0.39, 0.29) is 0 Å². The Morgan fingerprint density at radius 2 is 1.92 bits per heavy atom. The molecule has 13 heavy (non-hydrogen) atoms. The summed E-state index contributed by atoms with van der Waals surface area (Å²) in [6.07, 6.45) is 0. The molecule has 1 aromatic rings. The number of carbonyl (C=O) groups excluding carboxylic acids is 1. The standard InChI is InChI=1S/C9H8Cl2O2/c1-13-7-4-2-6(3-5-7)8(10)9(11)12/h2-5,8H,1H3. The Bertz CT molecular complexity index is 295. The third-order valence-electron chi connectivity index (χ3n) is 1.61. The van der Waals surface area contributed by atoms with Crippen LogP contribution in [0.5, 0.6) is 5.75 Å². The van der Waals surface area contributed by atoms with Crippen LogP contribution in [0, 0.1) is 0 Å². The SMILES string of the molecule is COc1ccc(C(Cl)C(=O)Cl)cc1. The Morgan fingerprint density at radius 1 is 1.38 bits per heavy atom. The van der Waals surface area contributed by atoms with E-state index in [1.165, 1.54) is 0 Å². The van der Waals surface area contributed by atoms with E-state index >= 15 is 0 Å². The van der Waals surface area contributed by atoms with Gasteiger partial charge in [-0.15, -0.1) is 11.6 Å². The van der Waals surface area contributed by atoms with Crippen LogP contribution in [-0.2, 0) is 4.79 Å². The summed E-state index contributed by atoms with van der Waals surface area (Å²) in [4.78, 5) is 10.7. The maximum Gasteiger partial charge on any atom is 0.244 e. The zero-order valence-electron chi connectivity index (χ0n) is 6.96. The molecule has 0 heterocycles. The van der Waals surface area contributed by atoms with Crippen LogP contribution in [-0.4, -0.2) is 12.4 Å². The maximum atomic E-state index is 10.7. The molecular formula is C9H8Cl2O2. The molecule has 1 aromatic carbocycles. The highest BCUT2D eigenvalue weighted by Gasteiger charge is 2.14. The summed E-state index contributed by atoms with van der Waals surface area (Å²) in [5, 5.41) is -1.36. The van der Waals surface area contributed by atoms with Crippen molar-refractivity contribution in [3.8, 4) is 5.75 Å². The van der Waals surface area contributed by atoms with Crippen molar-refractivity contribution in [2.45, 2.75) is 5.38 Å². The molecule has 0 bridgehead atoms. The van der Waals surface area contributed by atoms with E-state index < -0.39 is 10.6 Å². The number of benzene rings is 1. The van der Waals surface area contributed by atoms with Crippen LogP contribution in [0.3, 0.4) is 0 Å². The maximum absolute atomic E-state index is 10.7. The number of carbonyl (C=O) groups is 1. The number of alkyl halides is 1. The van der Waals surface area contributed by atoms with Gasteiger partial charge >= 0.3 is 0 Å². The van der Waals surface area contributed by atoms with Crippen LogP contribution >= 0.6 is 23.2 Å². The highest BCUT2D eigenvalue weighted by molar-refractivity contribution is 6.68. The average Bonchev–Trinajstić information content (AvgIpc) is 2.17. The van der Waals surface area contributed by atoms with Gasteiger partial charge in [-0.05, 0) is 29.3 Å².